The molecule has 0 unspecified atom stereocenters. The average Bonchev–Trinajstić information content (AvgIpc) is 2.83. The van der Waals surface area contributed by atoms with E-state index in [4.69, 9.17) is 0 Å². The van der Waals surface area contributed by atoms with Crippen molar-refractivity contribution >= 4 is 11.2 Å². The van der Waals surface area contributed by atoms with Gasteiger partial charge in [0.2, 0.25) is 0 Å². The zero-order valence-corrected chi connectivity index (χ0v) is 10.0. The van der Waals surface area contributed by atoms with Gasteiger partial charge >= 0.3 is 0 Å². The van der Waals surface area contributed by atoms with E-state index >= 15 is 0 Å². The summed E-state index contributed by atoms with van der Waals surface area (Å²) in [5, 5.41) is 4.22. The lowest BCUT2D eigenvalue weighted by atomic mass is 10.2. The van der Waals surface area contributed by atoms with Crippen LogP contribution in [0.4, 0.5) is 0 Å². The molecule has 3 aromatic rings. The van der Waals surface area contributed by atoms with E-state index in [0.29, 0.717) is 0 Å². The van der Waals surface area contributed by atoms with E-state index in [-0.39, 0.29) is 0 Å². The van der Waals surface area contributed by atoms with Gasteiger partial charge in [-0.1, -0.05) is 0 Å². The summed E-state index contributed by atoms with van der Waals surface area (Å²) in [7, 11) is 1.92. The largest absolute Gasteiger partial charge is 0.336 e. The number of aromatic amines is 1. The topological polar surface area (TPSA) is 59.4 Å². The molecular weight excluding hydrogens is 214 g/mol. The first kappa shape index (κ1) is 10.0. The number of pyridine rings is 1. The Bertz CT molecular complexity index is 692. The van der Waals surface area contributed by atoms with Gasteiger partial charge in [0.1, 0.15) is 5.82 Å². The summed E-state index contributed by atoms with van der Waals surface area (Å²) in [6, 6.07) is 2.05. The Labute approximate surface area is 98.5 Å². The molecule has 0 fully saturated rings. The van der Waals surface area contributed by atoms with Gasteiger partial charge < -0.3 is 4.98 Å². The van der Waals surface area contributed by atoms with Gasteiger partial charge in [-0.05, 0) is 25.5 Å². The quantitative estimate of drug-likeness (QED) is 0.691. The van der Waals surface area contributed by atoms with E-state index < -0.39 is 0 Å². The van der Waals surface area contributed by atoms with E-state index in [2.05, 4.69) is 20.1 Å². The maximum Gasteiger partial charge on any atom is 0.178 e. The molecule has 3 aromatic heterocycles. The van der Waals surface area contributed by atoms with E-state index in [0.717, 1.165) is 33.8 Å². The number of aryl methyl sites for hydroxylation is 2. The highest BCUT2D eigenvalue weighted by Gasteiger charge is 2.11. The van der Waals surface area contributed by atoms with Crippen LogP contribution in [0.3, 0.4) is 0 Å². The van der Waals surface area contributed by atoms with Crippen LogP contribution < -0.4 is 0 Å². The molecule has 3 rings (SSSR count). The molecule has 3 heterocycles. The molecule has 0 spiro atoms. The summed E-state index contributed by atoms with van der Waals surface area (Å²) in [5.74, 6) is 0.823. The van der Waals surface area contributed by atoms with Crippen molar-refractivity contribution < 1.29 is 0 Å². The first-order valence-electron chi connectivity index (χ1n) is 5.46. The van der Waals surface area contributed by atoms with Crippen molar-refractivity contribution in [2.24, 2.45) is 7.05 Å². The molecule has 0 aliphatic carbocycles. The number of H-pyrrole nitrogens is 1. The molecule has 0 bridgehead atoms. The number of hydrogen-bond donors (Lipinski definition) is 1. The fourth-order valence-corrected chi connectivity index (χ4v) is 1.86. The molecular formula is C12H13N5. The standard InChI is InChI=1S/C12H13N5/c1-7-4-10-12(13-5-7)16-11(15-10)9-6-14-17(3)8(9)2/h4-6H,1-3H3,(H,13,15,16). The number of fused-ring (bicyclic) bond motifs is 1. The maximum atomic E-state index is 4.48. The van der Waals surface area contributed by atoms with Gasteiger partial charge in [0, 0.05) is 18.9 Å². The van der Waals surface area contributed by atoms with Crippen LogP contribution in [0.15, 0.2) is 18.5 Å². The van der Waals surface area contributed by atoms with Gasteiger partial charge in [-0.3, -0.25) is 4.68 Å². The predicted octanol–water partition coefficient (Wildman–Crippen LogP) is 1.98. The molecule has 0 amide bonds. The lowest BCUT2D eigenvalue weighted by molar-refractivity contribution is 0.740. The van der Waals surface area contributed by atoms with E-state index in [1.165, 1.54) is 0 Å². The summed E-state index contributed by atoms with van der Waals surface area (Å²) in [5.41, 5.74) is 4.93. The van der Waals surface area contributed by atoms with E-state index in [1.54, 1.807) is 0 Å². The number of hydrogen-bond acceptors (Lipinski definition) is 3. The van der Waals surface area contributed by atoms with Crippen molar-refractivity contribution in [2.45, 2.75) is 13.8 Å². The van der Waals surface area contributed by atoms with Crippen molar-refractivity contribution in [1.82, 2.24) is 24.7 Å². The molecule has 5 nitrogen and oxygen atoms in total. The lowest BCUT2D eigenvalue weighted by Gasteiger charge is -1.95. The first-order chi connectivity index (χ1) is 8.15. The molecule has 86 valence electrons. The van der Waals surface area contributed by atoms with Crippen LogP contribution in [0.25, 0.3) is 22.6 Å². The number of aromatic nitrogens is 5. The summed E-state index contributed by atoms with van der Waals surface area (Å²) in [4.78, 5) is 12.1. The molecule has 1 N–H and O–H groups in total. The highest BCUT2D eigenvalue weighted by atomic mass is 15.3. The third kappa shape index (κ3) is 1.51. The predicted molar refractivity (Wildman–Crippen MR) is 65.6 cm³/mol. The van der Waals surface area contributed by atoms with Crippen molar-refractivity contribution in [2.75, 3.05) is 0 Å². The highest BCUT2D eigenvalue weighted by Crippen LogP contribution is 2.22. The number of nitrogens with zero attached hydrogens (tertiary/aromatic N) is 4. The van der Waals surface area contributed by atoms with Crippen molar-refractivity contribution in [1.29, 1.82) is 0 Å². The van der Waals surface area contributed by atoms with Gasteiger partial charge in [0.25, 0.3) is 0 Å². The van der Waals surface area contributed by atoms with Crippen LogP contribution >= 0.6 is 0 Å². The Balaban J connectivity index is 2.21. The van der Waals surface area contributed by atoms with Crippen molar-refractivity contribution in [3.05, 3.63) is 29.7 Å². The molecule has 0 saturated carbocycles. The Morgan fingerprint density at radius 2 is 2.06 bits per heavy atom. The van der Waals surface area contributed by atoms with Crippen LogP contribution in [-0.2, 0) is 7.05 Å². The highest BCUT2D eigenvalue weighted by molar-refractivity contribution is 5.76. The van der Waals surface area contributed by atoms with Crippen molar-refractivity contribution in [3.8, 4) is 11.4 Å². The van der Waals surface area contributed by atoms with Crippen LogP contribution in [0, 0.1) is 13.8 Å². The van der Waals surface area contributed by atoms with Gasteiger partial charge in [-0.15, -0.1) is 0 Å². The van der Waals surface area contributed by atoms with Gasteiger partial charge in [-0.2, -0.15) is 5.10 Å². The third-order valence-corrected chi connectivity index (χ3v) is 2.96. The number of rotatable bonds is 1. The average molecular weight is 227 g/mol. The zero-order valence-electron chi connectivity index (χ0n) is 10.0. The minimum atomic E-state index is 0.744. The lowest BCUT2D eigenvalue weighted by Crippen LogP contribution is -1.92. The SMILES string of the molecule is Cc1cnc2nc(-c3cnn(C)c3C)[nH]c2c1. The van der Waals surface area contributed by atoms with Crippen LogP contribution in [-0.4, -0.2) is 24.7 Å². The smallest absolute Gasteiger partial charge is 0.178 e. The zero-order chi connectivity index (χ0) is 12.0. The van der Waals surface area contributed by atoms with E-state index in [9.17, 15) is 0 Å². The second-order valence-corrected chi connectivity index (χ2v) is 4.24. The summed E-state index contributed by atoms with van der Waals surface area (Å²) in [6.45, 7) is 4.04. The second kappa shape index (κ2) is 3.41. The summed E-state index contributed by atoms with van der Waals surface area (Å²) in [6.07, 6.45) is 3.64. The van der Waals surface area contributed by atoms with Gasteiger partial charge in [0.15, 0.2) is 5.65 Å². The molecule has 5 heteroatoms. The normalized spacial score (nSPS) is 11.2. The molecule has 0 aromatic carbocycles. The molecule has 0 atom stereocenters. The summed E-state index contributed by atoms with van der Waals surface area (Å²) >= 11 is 0. The Morgan fingerprint density at radius 1 is 1.24 bits per heavy atom. The Hall–Kier alpha value is -2.17. The van der Waals surface area contributed by atoms with Crippen molar-refractivity contribution in [3.63, 3.8) is 0 Å². The molecule has 0 aliphatic heterocycles. The van der Waals surface area contributed by atoms with Gasteiger partial charge in [-0.25, -0.2) is 9.97 Å². The molecule has 0 saturated heterocycles. The monoisotopic (exact) mass is 227 g/mol. The Kier molecular flexibility index (Phi) is 2.01. The maximum absolute atomic E-state index is 4.48. The minimum Gasteiger partial charge on any atom is -0.336 e. The fourth-order valence-electron chi connectivity index (χ4n) is 1.86. The number of nitrogens with one attached hydrogen (secondary N) is 1. The fraction of sp³-hybridized carbons (Fsp3) is 0.250. The van der Waals surface area contributed by atoms with Crippen LogP contribution in [0.5, 0.6) is 0 Å². The number of imidazole rings is 1. The van der Waals surface area contributed by atoms with Gasteiger partial charge in [0.05, 0.1) is 17.3 Å². The second-order valence-electron chi connectivity index (χ2n) is 4.24. The van der Waals surface area contributed by atoms with Crippen LogP contribution in [0.2, 0.25) is 0 Å². The molecule has 17 heavy (non-hydrogen) atoms. The van der Waals surface area contributed by atoms with E-state index in [1.807, 2.05) is 44.0 Å². The summed E-state index contributed by atoms with van der Waals surface area (Å²) < 4.78 is 1.83. The third-order valence-electron chi connectivity index (χ3n) is 2.96. The molecule has 0 aliphatic rings. The first-order valence-corrected chi connectivity index (χ1v) is 5.46. The molecule has 0 radical (unpaired) electrons. The Morgan fingerprint density at radius 3 is 2.76 bits per heavy atom. The minimum absolute atomic E-state index is 0.744. The van der Waals surface area contributed by atoms with Crippen LogP contribution in [0.1, 0.15) is 11.3 Å².